The molecule has 5 rings (SSSR count). The van der Waals surface area contributed by atoms with E-state index < -0.39 is 0 Å². The van der Waals surface area contributed by atoms with E-state index in [1.165, 1.54) is 0 Å². The SMILES string of the molecule is Cc1nc2cc(NC(=O)C3CCCN(Cc4nc(-c5cccs5)no4)C3)ccc2s1. The Labute approximate surface area is 181 Å². The number of amides is 1. The van der Waals surface area contributed by atoms with Crippen molar-refractivity contribution in [2.24, 2.45) is 5.92 Å². The number of hydrogen-bond donors (Lipinski definition) is 1. The molecule has 0 spiro atoms. The number of carbonyl (C=O) groups is 1. The summed E-state index contributed by atoms with van der Waals surface area (Å²) in [5.41, 5.74) is 1.73. The van der Waals surface area contributed by atoms with Gasteiger partial charge in [-0.3, -0.25) is 9.69 Å². The monoisotopic (exact) mass is 439 g/mol. The van der Waals surface area contributed by atoms with Gasteiger partial charge in [-0.25, -0.2) is 4.98 Å². The van der Waals surface area contributed by atoms with E-state index in [0.29, 0.717) is 24.8 Å². The van der Waals surface area contributed by atoms with Crippen molar-refractivity contribution < 1.29 is 9.32 Å². The molecule has 1 aromatic carbocycles. The van der Waals surface area contributed by atoms with Gasteiger partial charge in [-0.2, -0.15) is 4.98 Å². The molecular formula is C21H21N5O2S2. The Morgan fingerprint density at radius 1 is 1.33 bits per heavy atom. The molecule has 0 saturated carbocycles. The van der Waals surface area contributed by atoms with Crippen LogP contribution in [0.15, 0.2) is 40.2 Å². The normalized spacial score (nSPS) is 17.4. The Morgan fingerprint density at radius 2 is 2.27 bits per heavy atom. The maximum Gasteiger partial charge on any atom is 0.241 e. The molecule has 1 aliphatic heterocycles. The molecule has 7 nitrogen and oxygen atoms in total. The summed E-state index contributed by atoms with van der Waals surface area (Å²) in [4.78, 5) is 25.1. The first kappa shape index (κ1) is 19.3. The van der Waals surface area contributed by atoms with E-state index in [1.807, 2.05) is 42.6 Å². The van der Waals surface area contributed by atoms with Crippen LogP contribution in [-0.4, -0.2) is 39.0 Å². The minimum Gasteiger partial charge on any atom is -0.338 e. The van der Waals surface area contributed by atoms with Crippen LogP contribution in [0.1, 0.15) is 23.7 Å². The van der Waals surface area contributed by atoms with Gasteiger partial charge in [0.15, 0.2) is 0 Å². The van der Waals surface area contributed by atoms with Crippen molar-refractivity contribution in [1.29, 1.82) is 0 Å². The molecule has 9 heteroatoms. The predicted molar refractivity (Wildman–Crippen MR) is 119 cm³/mol. The van der Waals surface area contributed by atoms with Gasteiger partial charge in [-0.15, -0.1) is 22.7 Å². The summed E-state index contributed by atoms with van der Waals surface area (Å²) in [5, 5.41) is 10.2. The van der Waals surface area contributed by atoms with Gasteiger partial charge in [0.2, 0.25) is 17.6 Å². The van der Waals surface area contributed by atoms with Gasteiger partial charge in [-0.1, -0.05) is 11.2 Å². The topological polar surface area (TPSA) is 84.2 Å². The number of benzene rings is 1. The van der Waals surface area contributed by atoms with Crippen molar-refractivity contribution in [2.45, 2.75) is 26.3 Å². The van der Waals surface area contributed by atoms with E-state index in [0.717, 1.165) is 45.2 Å². The number of nitrogens with one attached hydrogen (secondary N) is 1. The number of aryl methyl sites for hydroxylation is 1. The number of anilines is 1. The van der Waals surface area contributed by atoms with Crippen LogP contribution in [0.2, 0.25) is 0 Å². The molecule has 4 heterocycles. The number of carbonyl (C=O) groups excluding carboxylic acids is 1. The molecule has 1 atom stereocenters. The Bertz CT molecular complexity index is 1170. The Kier molecular flexibility index (Phi) is 5.32. The van der Waals surface area contributed by atoms with Crippen LogP contribution in [-0.2, 0) is 11.3 Å². The number of rotatable bonds is 5. The average Bonchev–Trinajstić information content (AvgIpc) is 3.48. The molecule has 1 N–H and O–H groups in total. The number of thiophene rings is 1. The summed E-state index contributed by atoms with van der Waals surface area (Å²) >= 11 is 3.25. The van der Waals surface area contributed by atoms with Crippen molar-refractivity contribution in [2.75, 3.05) is 18.4 Å². The zero-order chi connectivity index (χ0) is 20.5. The van der Waals surface area contributed by atoms with Crippen LogP contribution in [0.25, 0.3) is 20.9 Å². The molecule has 0 aliphatic carbocycles. The fourth-order valence-corrected chi connectivity index (χ4v) is 5.25. The highest BCUT2D eigenvalue weighted by atomic mass is 32.1. The van der Waals surface area contributed by atoms with Gasteiger partial charge in [0.1, 0.15) is 0 Å². The summed E-state index contributed by atoms with van der Waals surface area (Å²) < 4.78 is 6.56. The summed E-state index contributed by atoms with van der Waals surface area (Å²) in [6.45, 7) is 4.16. The van der Waals surface area contributed by atoms with Crippen molar-refractivity contribution in [1.82, 2.24) is 20.0 Å². The Hall–Kier alpha value is -2.62. The molecular weight excluding hydrogens is 418 g/mol. The Balaban J connectivity index is 1.21. The summed E-state index contributed by atoms with van der Waals surface area (Å²) in [6.07, 6.45) is 1.85. The summed E-state index contributed by atoms with van der Waals surface area (Å²) in [6, 6.07) is 9.86. The highest BCUT2D eigenvalue weighted by molar-refractivity contribution is 7.18. The van der Waals surface area contributed by atoms with Crippen molar-refractivity contribution in [3.63, 3.8) is 0 Å². The second kappa shape index (κ2) is 8.25. The van der Waals surface area contributed by atoms with Gasteiger partial charge < -0.3 is 9.84 Å². The van der Waals surface area contributed by atoms with Crippen LogP contribution in [0.4, 0.5) is 5.69 Å². The maximum absolute atomic E-state index is 12.9. The van der Waals surface area contributed by atoms with Gasteiger partial charge in [0, 0.05) is 12.2 Å². The molecule has 0 bridgehead atoms. The van der Waals surface area contributed by atoms with Crippen molar-refractivity contribution >= 4 is 44.5 Å². The number of aromatic nitrogens is 3. The van der Waals surface area contributed by atoms with E-state index in [9.17, 15) is 4.79 Å². The van der Waals surface area contributed by atoms with E-state index in [-0.39, 0.29) is 11.8 Å². The van der Waals surface area contributed by atoms with E-state index in [1.54, 1.807) is 22.7 Å². The van der Waals surface area contributed by atoms with E-state index in [2.05, 4.69) is 25.3 Å². The highest BCUT2D eigenvalue weighted by Gasteiger charge is 2.27. The van der Waals surface area contributed by atoms with Crippen molar-refractivity contribution in [3.05, 3.63) is 46.6 Å². The third-order valence-corrected chi connectivity index (χ3v) is 7.02. The second-order valence-corrected chi connectivity index (χ2v) is 9.65. The standard InChI is InChI=1S/C21H21N5O2S2/c1-13-22-16-10-15(6-7-17(16)30-13)23-21(27)14-4-2-8-26(11-14)12-19-24-20(25-28-19)18-5-3-9-29-18/h3,5-7,9-10,14H,2,4,8,11-12H2,1H3,(H,23,27). The zero-order valence-corrected chi connectivity index (χ0v) is 18.1. The first-order chi connectivity index (χ1) is 14.6. The minimum atomic E-state index is -0.0636. The van der Waals surface area contributed by atoms with Gasteiger partial charge >= 0.3 is 0 Å². The molecule has 30 heavy (non-hydrogen) atoms. The molecule has 1 saturated heterocycles. The first-order valence-corrected chi connectivity index (χ1v) is 11.6. The van der Waals surface area contributed by atoms with Crippen LogP contribution in [0.5, 0.6) is 0 Å². The largest absolute Gasteiger partial charge is 0.338 e. The van der Waals surface area contributed by atoms with E-state index in [4.69, 9.17) is 4.52 Å². The molecule has 3 aromatic heterocycles. The molecule has 1 fully saturated rings. The van der Waals surface area contributed by atoms with Gasteiger partial charge in [0.25, 0.3) is 0 Å². The number of thiazole rings is 1. The fourth-order valence-electron chi connectivity index (χ4n) is 3.79. The fraction of sp³-hybridized carbons (Fsp3) is 0.333. The van der Waals surface area contributed by atoms with Crippen LogP contribution < -0.4 is 5.32 Å². The van der Waals surface area contributed by atoms with Gasteiger partial charge in [-0.05, 0) is 56.0 Å². The number of hydrogen-bond acceptors (Lipinski definition) is 8. The third kappa shape index (κ3) is 4.14. The van der Waals surface area contributed by atoms with Crippen LogP contribution in [0, 0.1) is 12.8 Å². The average molecular weight is 440 g/mol. The third-order valence-electron chi connectivity index (χ3n) is 5.21. The number of likely N-dealkylation sites (tertiary alicyclic amines) is 1. The van der Waals surface area contributed by atoms with E-state index >= 15 is 0 Å². The molecule has 1 amide bonds. The smallest absolute Gasteiger partial charge is 0.241 e. The lowest BCUT2D eigenvalue weighted by Gasteiger charge is -2.30. The van der Waals surface area contributed by atoms with Crippen LogP contribution in [0.3, 0.4) is 0 Å². The minimum absolute atomic E-state index is 0.0517. The number of nitrogens with zero attached hydrogens (tertiary/aromatic N) is 4. The highest BCUT2D eigenvalue weighted by Crippen LogP contribution is 2.26. The zero-order valence-electron chi connectivity index (χ0n) is 16.5. The summed E-state index contributed by atoms with van der Waals surface area (Å²) in [7, 11) is 0. The number of piperidine rings is 1. The van der Waals surface area contributed by atoms with Crippen LogP contribution >= 0.6 is 22.7 Å². The predicted octanol–water partition coefficient (Wildman–Crippen LogP) is 4.57. The molecule has 154 valence electrons. The Morgan fingerprint density at radius 3 is 3.13 bits per heavy atom. The molecule has 1 aliphatic rings. The lowest BCUT2D eigenvalue weighted by atomic mass is 9.97. The quantitative estimate of drug-likeness (QED) is 0.490. The number of fused-ring (bicyclic) bond motifs is 1. The van der Waals surface area contributed by atoms with Gasteiger partial charge in [0.05, 0.1) is 32.6 Å². The first-order valence-electron chi connectivity index (χ1n) is 9.91. The van der Waals surface area contributed by atoms with Crippen molar-refractivity contribution in [3.8, 4) is 10.7 Å². The molecule has 0 radical (unpaired) electrons. The molecule has 4 aromatic rings. The lowest BCUT2D eigenvalue weighted by molar-refractivity contribution is -0.121. The molecule has 1 unspecified atom stereocenters. The lowest BCUT2D eigenvalue weighted by Crippen LogP contribution is -2.40. The second-order valence-electron chi connectivity index (χ2n) is 7.47. The maximum atomic E-state index is 12.9. The summed E-state index contributed by atoms with van der Waals surface area (Å²) in [5.74, 6) is 1.20.